The number of carbonyl (C=O) groups is 1. The number of carbonyl (C=O) groups excluding carboxylic acids is 1. The van der Waals surface area contributed by atoms with Crippen molar-refractivity contribution in [2.75, 3.05) is 24.3 Å². The van der Waals surface area contributed by atoms with Crippen molar-refractivity contribution >= 4 is 34.8 Å². The third-order valence-corrected chi connectivity index (χ3v) is 5.48. The van der Waals surface area contributed by atoms with E-state index >= 15 is 0 Å². The fraction of sp³-hybridized carbons (Fsp3) is 0.400. The van der Waals surface area contributed by atoms with Gasteiger partial charge in [0.15, 0.2) is 11.6 Å². The van der Waals surface area contributed by atoms with Crippen LogP contribution in [0.5, 0.6) is 0 Å². The zero-order valence-electron chi connectivity index (χ0n) is 16.0. The average Bonchev–Trinajstić information content (AvgIpc) is 2.68. The molecule has 28 heavy (non-hydrogen) atoms. The maximum atomic E-state index is 14.8. The van der Waals surface area contributed by atoms with Gasteiger partial charge in [-0.25, -0.2) is 9.37 Å². The fourth-order valence-corrected chi connectivity index (χ4v) is 3.97. The standard InChI is InChI=1S/C20H25ClFN5O/c1-24-16-8-3-4-9-17(16)27(2)20-15(22)11-14(18(23)28)19(26-20)25-13-7-5-6-12(21)10-13/h5-7,10-11,16-17,24H,3-4,8-9H2,1-2H3,(H2,23,28)(H,25,26). The van der Waals surface area contributed by atoms with Crippen molar-refractivity contribution in [3.05, 3.63) is 46.7 Å². The highest BCUT2D eigenvalue weighted by Gasteiger charge is 2.30. The molecule has 0 saturated heterocycles. The Labute approximate surface area is 169 Å². The molecule has 1 aromatic heterocycles. The fourth-order valence-electron chi connectivity index (χ4n) is 3.78. The van der Waals surface area contributed by atoms with Crippen LogP contribution < -0.4 is 21.3 Å². The van der Waals surface area contributed by atoms with Gasteiger partial charge in [0.25, 0.3) is 5.91 Å². The molecule has 0 spiro atoms. The number of nitrogens with two attached hydrogens (primary N) is 1. The van der Waals surface area contributed by atoms with Crippen molar-refractivity contribution in [2.24, 2.45) is 5.73 Å². The Morgan fingerprint density at radius 1 is 1.32 bits per heavy atom. The number of nitrogens with zero attached hydrogens (tertiary/aromatic N) is 2. The summed E-state index contributed by atoms with van der Waals surface area (Å²) < 4.78 is 14.8. The Kier molecular flexibility index (Phi) is 6.36. The number of hydrogen-bond acceptors (Lipinski definition) is 5. The molecule has 4 N–H and O–H groups in total. The van der Waals surface area contributed by atoms with E-state index in [1.165, 1.54) is 0 Å². The number of rotatable bonds is 6. The van der Waals surface area contributed by atoms with Crippen LogP contribution in [0.1, 0.15) is 36.0 Å². The number of pyridine rings is 1. The summed E-state index contributed by atoms with van der Waals surface area (Å²) in [6, 6.07) is 8.48. The number of primary amides is 1. The Morgan fingerprint density at radius 3 is 2.75 bits per heavy atom. The van der Waals surface area contributed by atoms with Gasteiger partial charge in [0.1, 0.15) is 5.82 Å². The second-order valence-electron chi connectivity index (χ2n) is 7.05. The summed E-state index contributed by atoms with van der Waals surface area (Å²) in [6.07, 6.45) is 4.20. The molecule has 150 valence electrons. The summed E-state index contributed by atoms with van der Waals surface area (Å²) >= 11 is 6.03. The van der Waals surface area contributed by atoms with Crippen LogP contribution in [-0.2, 0) is 0 Å². The van der Waals surface area contributed by atoms with Gasteiger partial charge < -0.3 is 21.3 Å². The van der Waals surface area contributed by atoms with E-state index in [2.05, 4.69) is 15.6 Å². The van der Waals surface area contributed by atoms with Crippen molar-refractivity contribution < 1.29 is 9.18 Å². The van der Waals surface area contributed by atoms with E-state index in [1.807, 2.05) is 19.0 Å². The van der Waals surface area contributed by atoms with Gasteiger partial charge >= 0.3 is 0 Å². The minimum atomic E-state index is -0.754. The first-order valence-electron chi connectivity index (χ1n) is 9.33. The molecule has 2 aromatic rings. The van der Waals surface area contributed by atoms with Crippen LogP contribution in [0, 0.1) is 5.82 Å². The molecule has 3 rings (SSSR count). The van der Waals surface area contributed by atoms with Crippen LogP contribution in [0.25, 0.3) is 0 Å². The lowest BCUT2D eigenvalue weighted by molar-refractivity contribution is 0.100. The first kappa shape index (κ1) is 20.4. The lowest BCUT2D eigenvalue weighted by Crippen LogP contribution is -2.50. The molecular weight excluding hydrogens is 381 g/mol. The van der Waals surface area contributed by atoms with Crippen LogP contribution in [0.15, 0.2) is 30.3 Å². The Bertz CT molecular complexity index is 862. The smallest absolute Gasteiger partial charge is 0.252 e. The third-order valence-electron chi connectivity index (χ3n) is 5.24. The second kappa shape index (κ2) is 8.75. The monoisotopic (exact) mass is 405 g/mol. The van der Waals surface area contributed by atoms with Gasteiger partial charge in [0.2, 0.25) is 0 Å². The first-order valence-corrected chi connectivity index (χ1v) is 9.71. The highest BCUT2D eigenvalue weighted by atomic mass is 35.5. The molecular formula is C20H25ClFN5O. The van der Waals surface area contributed by atoms with Gasteiger partial charge in [-0.05, 0) is 44.2 Å². The van der Waals surface area contributed by atoms with Crippen molar-refractivity contribution in [1.82, 2.24) is 10.3 Å². The van der Waals surface area contributed by atoms with E-state index < -0.39 is 11.7 Å². The number of amides is 1. The minimum Gasteiger partial charge on any atom is -0.365 e. The van der Waals surface area contributed by atoms with Crippen LogP contribution in [-0.4, -0.2) is 37.1 Å². The zero-order valence-corrected chi connectivity index (χ0v) is 16.8. The van der Waals surface area contributed by atoms with E-state index in [9.17, 15) is 9.18 Å². The summed E-state index contributed by atoms with van der Waals surface area (Å²) in [4.78, 5) is 18.1. The molecule has 6 nitrogen and oxygen atoms in total. The number of aromatic nitrogens is 1. The molecule has 8 heteroatoms. The van der Waals surface area contributed by atoms with Crippen molar-refractivity contribution in [3.8, 4) is 0 Å². The molecule has 1 heterocycles. The summed E-state index contributed by atoms with van der Waals surface area (Å²) in [6.45, 7) is 0. The summed E-state index contributed by atoms with van der Waals surface area (Å²) in [5.41, 5.74) is 6.07. The first-order chi connectivity index (χ1) is 13.4. The number of anilines is 3. The van der Waals surface area contributed by atoms with Crippen molar-refractivity contribution in [3.63, 3.8) is 0 Å². The quantitative estimate of drug-likeness (QED) is 0.682. The van der Waals surface area contributed by atoms with Gasteiger partial charge in [-0.2, -0.15) is 0 Å². The zero-order chi connectivity index (χ0) is 20.3. The Balaban J connectivity index is 1.98. The van der Waals surface area contributed by atoms with E-state index in [4.69, 9.17) is 17.3 Å². The minimum absolute atomic E-state index is 0.0107. The average molecular weight is 406 g/mol. The van der Waals surface area contributed by atoms with Gasteiger partial charge in [0, 0.05) is 29.8 Å². The summed E-state index contributed by atoms with van der Waals surface area (Å²) in [5, 5.41) is 6.89. The van der Waals surface area contributed by atoms with Crippen LogP contribution in [0.4, 0.5) is 21.7 Å². The SMILES string of the molecule is CNC1CCCCC1N(C)c1nc(Nc2cccc(Cl)c2)c(C(N)=O)cc1F. The Morgan fingerprint density at radius 2 is 2.07 bits per heavy atom. The maximum Gasteiger partial charge on any atom is 0.252 e. The number of hydrogen-bond donors (Lipinski definition) is 3. The number of nitrogens with one attached hydrogen (secondary N) is 2. The number of likely N-dealkylation sites (N-methyl/N-ethyl adjacent to an activating group) is 2. The molecule has 1 aliphatic carbocycles. The van der Waals surface area contributed by atoms with Crippen LogP contribution in [0.2, 0.25) is 5.02 Å². The molecule has 0 radical (unpaired) electrons. The largest absolute Gasteiger partial charge is 0.365 e. The lowest BCUT2D eigenvalue weighted by atomic mass is 9.89. The molecule has 1 aliphatic rings. The molecule has 1 aromatic carbocycles. The predicted molar refractivity (Wildman–Crippen MR) is 111 cm³/mol. The summed E-state index contributed by atoms with van der Waals surface area (Å²) in [5.74, 6) is -0.944. The van der Waals surface area contributed by atoms with Gasteiger partial charge in [-0.3, -0.25) is 4.79 Å². The number of benzene rings is 1. The molecule has 0 bridgehead atoms. The van der Waals surface area contributed by atoms with E-state index in [1.54, 1.807) is 24.3 Å². The normalized spacial score (nSPS) is 19.3. The van der Waals surface area contributed by atoms with E-state index in [0.717, 1.165) is 31.7 Å². The van der Waals surface area contributed by atoms with E-state index in [-0.39, 0.29) is 29.3 Å². The van der Waals surface area contributed by atoms with Gasteiger partial charge in [-0.15, -0.1) is 0 Å². The Hall–Kier alpha value is -2.38. The molecule has 1 amide bonds. The molecule has 0 aliphatic heterocycles. The van der Waals surface area contributed by atoms with Crippen molar-refractivity contribution in [2.45, 2.75) is 37.8 Å². The highest BCUT2D eigenvalue weighted by Crippen LogP contribution is 2.30. The topological polar surface area (TPSA) is 83.3 Å². The van der Waals surface area contributed by atoms with E-state index in [0.29, 0.717) is 10.7 Å². The number of halogens is 2. The van der Waals surface area contributed by atoms with Gasteiger partial charge in [0.05, 0.1) is 5.56 Å². The van der Waals surface area contributed by atoms with Gasteiger partial charge in [-0.1, -0.05) is 30.5 Å². The summed E-state index contributed by atoms with van der Waals surface area (Å²) in [7, 11) is 3.75. The van der Waals surface area contributed by atoms with Crippen LogP contribution in [0.3, 0.4) is 0 Å². The van der Waals surface area contributed by atoms with Crippen molar-refractivity contribution in [1.29, 1.82) is 0 Å². The molecule has 1 saturated carbocycles. The molecule has 2 atom stereocenters. The molecule has 2 unspecified atom stereocenters. The second-order valence-corrected chi connectivity index (χ2v) is 7.48. The van der Waals surface area contributed by atoms with Crippen LogP contribution >= 0.6 is 11.6 Å². The highest BCUT2D eigenvalue weighted by molar-refractivity contribution is 6.30. The third kappa shape index (κ3) is 4.36. The maximum absolute atomic E-state index is 14.8. The predicted octanol–water partition coefficient (Wildman–Crippen LogP) is 3.68. The molecule has 1 fully saturated rings. The lowest BCUT2D eigenvalue weighted by Gasteiger charge is -2.38.